The second-order valence-electron chi connectivity index (χ2n) is 9.46. The molecule has 1 fully saturated rings. The quantitative estimate of drug-likeness (QED) is 0.402. The number of anilines is 2. The number of para-hydroxylation sites is 3. The molecule has 1 atom stereocenters. The van der Waals surface area contributed by atoms with Crippen molar-refractivity contribution in [3.8, 4) is 0 Å². The first-order chi connectivity index (χ1) is 17.2. The van der Waals surface area contributed by atoms with Crippen LogP contribution in [0.4, 0.5) is 11.4 Å². The lowest BCUT2D eigenvalue weighted by molar-refractivity contribution is -0.119. The smallest absolute Gasteiger partial charge is 0.245 e. The van der Waals surface area contributed by atoms with E-state index in [4.69, 9.17) is 0 Å². The van der Waals surface area contributed by atoms with Crippen molar-refractivity contribution in [3.63, 3.8) is 0 Å². The fourth-order valence-electron chi connectivity index (χ4n) is 5.13. The minimum atomic E-state index is 0.0949. The van der Waals surface area contributed by atoms with Gasteiger partial charge in [0.05, 0.1) is 12.1 Å². The number of aromatic nitrogens is 1. The maximum atomic E-state index is 13.7. The lowest BCUT2D eigenvalue weighted by Crippen LogP contribution is -2.41. The third kappa shape index (κ3) is 5.59. The third-order valence-electron chi connectivity index (χ3n) is 6.75. The third-order valence-corrected chi connectivity index (χ3v) is 6.75. The first kappa shape index (κ1) is 23.2. The van der Waals surface area contributed by atoms with Crippen LogP contribution in [0, 0.1) is 5.92 Å². The molecule has 1 aliphatic heterocycles. The fraction of sp³-hybridized carbons (Fsp3) is 0.267. The highest BCUT2D eigenvalue weighted by Crippen LogP contribution is 2.26. The monoisotopic (exact) mass is 464 g/mol. The predicted molar refractivity (Wildman–Crippen MR) is 143 cm³/mol. The molecule has 5 rings (SSSR count). The SMILES string of the molecule is CN1CCN(CC(=O)N(c2ccccc2)c2ccccc2)C[C@H](Cc2cccc3cccnc23)C1. The van der Waals surface area contributed by atoms with Crippen molar-refractivity contribution in [2.75, 3.05) is 44.7 Å². The molecular formula is C30H32N4O. The lowest BCUT2D eigenvalue weighted by Gasteiger charge is -2.28. The van der Waals surface area contributed by atoms with Crippen LogP contribution in [0.3, 0.4) is 0 Å². The topological polar surface area (TPSA) is 39.7 Å². The van der Waals surface area contributed by atoms with Gasteiger partial charge in [-0.3, -0.25) is 19.6 Å². The molecule has 35 heavy (non-hydrogen) atoms. The van der Waals surface area contributed by atoms with Crippen LogP contribution >= 0.6 is 0 Å². The van der Waals surface area contributed by atoms with Crippen molar-refractivity contribution < 1.29 is 4.79 Å². The number of hydrogen-bond acceptors (Lipinski definition) is 4. The molecule has 0 aliphatic carbocycles. The first-order valence-corrected chi connectivity index (χ1v) is 12.3. The van der Waals surface area contributed by atoms with Crippen LogP contribution < -0.4 is 4.90 Å². The molecule has 1 aliphatic rings. The van der Waals surface area contributed by atoms with Crippen LogP contribution in [0.15, 0.2) is 97.2 Å². The van der Waals surface area contributed by atoms with Gasteiger partial charge < -0.3 is 4.90 Å². The number of rotatable bonds is 6. The first-order valence-electron chi connectivity index (χ1n) is 12.3. The number of amides is 1. The van der Waals surface area contributed by atoms with Crippen LogP contribution in [-0.2, 0) is 11.2 Å². The second kappa shape index (κ2) is 10.8. The second-order valence-corrected chi connectivity index (χ2v) is 9.46. The van der Waals surface area contributed by atoms with E-state index in [9.17, 15) is 4.79 Å². The van der Waals surface area contributed by atoms with Crippen molar-refractivity contribution in [3.05, 3.63) is 103 Å². The number of benzene rings is 3. The van der Waals surface area contributed by atoms with Gasteiger partial charge in [0.15, 0.2) is 0 Å². The average Bonchev–Trinajstić information content (AvgIpc) is 3.06. The molecule has 0 unspecified atom stereocenters. The van der Waals surface area contributed by atoms with E-state index in [1.165, 1.54) is 10.9 Å². The summed E-state index contributed by atoms with van der Waals surface area (Å²) in [6.07, 6.45) is 2.82. The summed E-state index contributed by atoms with van der Waals surface area (Å²) in [7, 11) is 2.18. The van der Waals surface area contributed by atoms with Gasteiger partial charge in [-0.25, -0.2) is 0 Å². The Morgan fingerprint density at radius 2 is 1.54 bits per heavy atom. The summed E-state index contributed by atoms with van der Waals surface area (Å²) in [6.45, 7) is 4.12. The van der Waals surface area contributed by atoms with Gasteiger partial charge in [0, 0.05) is 49.1 Å². The lowest BCUT2D eigenvalue weighted by atomic mass is 9.96. The molecule has 1 amide bonds. The number of likely N-dealkylation sites (N-methyl/N-ethyl adjacent to an activating group) is 1. The van der Waals surface area contributed by atoms with Crippen molar-refractivity contribution in [2.45, 2.75) is 6.42 Å². The minimum Gasteiger partial charge on any atom is -0.305 e. The molecule has 0 saturated carbocycles. The zero-order chi connectivity index (χ0) is 24.0. The summed E-state index contributed by atoms with van der Waals surface area (Å²) >= 11 is 0. The molecule has 1 aromatic heterocycles. The standard InChI is InChI=1S/C30H32N4O/c1-32-18-19-33(22-24(21-32)20-26-11-8-10-25-12-9-17-31-30(25)26)23-29(35)34(27-13-4-2-5-14-27)28-15-6-3-7-16-28/h2-17,24H,18-23H2,1H3/t24-/m1/s1. The minimum absolute atomic E-state index is 0.0949. The Balaban J connectivity index is 1.35. The van der Waals surface area contributed by atoms with Gasteiger partial charge in [0.2, 0.25) is 5.91 Å². The average molecular weight is 465 g/mol. The molecule has 0 spiro atoms. The van der Waals surface area contributed by atoms with E-state index < -0.39 is 0 Å². The Hall–Kier alpha value is -3.54. The van der Waals surface area contributed by atoms with Gasteiger partial charge in [0.1, 0.15) is 0 Å². The molecular weight excluding hydrogens is 432 g/mol. The molecule has 0 N–H and O–H groups in total. The normalized spacial score (nSPS) is 17.2. The van der Waals surface area contributed by atoms with Crippen LogP contribution in [0.25, 0.3) is 10.9 Å². The number of hydrogen-bond donors (Lipinski definition) is 0. The summed E-state index contributed by atoms with van der Waals surface area (Å²) in [5.74, 6) is 0.516. The molecule has 0 bridgehead atoms. The highest BCUT2D eigenvalue weighted by molar-refractivity contribution is 6.01. The largest absolute Gasteiger partial charge is 0.305 e. The number of pyridine rings is 1. The molecule has 3 aromatic carbocycles. The zero-order valence-electron chi connectivity index (χ0n) is 20.3. The van der Waals surface area contributed by atoms with E-state index in [-0.39, 0.29) is 5.91 Å². The molecule has 178 valence electrons. The molecule has 2 heterocycles. The maximum Gasteiger partial charge on any atom is 0.245 e. The Bertz CT molecular complexity index is 1220. The van der Waals surface area contributed by atoms with Crippen LogP contribution in [0.1, 0.15) is 5.56 Å². The maximum absolute atomic E-state index is 13.7. The van der Waals surface area contributed by atoms with Crippen molar-refractivity contribution in [2.24, 2.45) is 5.92 Å². The summed E-state index contributed by atoms with van der Waals surface area (Å²) in [5, 5.41) is 1.18. The predicted octanol–water partition coefficient (Wildman–Crippen LogP) is 5.01. The highest BCUT2D eigenvalue weighted by Gasteiger charge is 2.26. The van der Waals surface area contributed by atoms with Gasteiger partial charge in [-0.15, -0.1) is 0 Å². The Kier molecular flexibility index (Phi) is 7.17. The fourth-order valence-corrected chi connectivity index (χ4v) is 5.13. The van der Waals surface area contributed by atoms with Crippen molar-refractivity contribution in [1.29, 1.82) is 0 Å². The van der Waals surface area contributed by atoms with Gasteiger partial charge in [0.25, 0.3) is 0 Å². The van der Waals surface area contributed by atoms with Gasteiger partial charge in [-0.2, -0.15) is 0 Å². The number of carbonyl (C=O) groups is 1. The summed E-state index contributed by atoms with van der Waals surface area (Å²) < 4.78 is 0. The summed E-state index contributed by atoms with van der Waals surface area (Å²) in [4.78, 5) is 24.9. The van der Waals surface area contributed by atoms with Crippen LogP contribution in [-0.4, -0.2) is 60.5 Å². The molecule has 5 nitrogen and oxygen atoms in total. The van der Waals surface area contributed by atoms with Crippen LogP contribution in [0.5, 0.6) is 0 Å². The van der Waals surface area contributed by atoms with E-state index in [0.717, 1.165) is 49.5 Å². The number of nitrogens with zero attached hydrogens (tertiary/aromatic N) is 4. The van der Waals surface area contributed by atoms with E-state index >= 15 is 0 Å². The molecule has 5 heteroatoms. The van der Waals surface area contributed by atoms with Gasteiger partial charge in [-0.1, -0.05) is 60.7 Å². The number of carbonyl (C=O) groups excluding carboxylic acids is 1. The molecule has 4 aromatic rings. The van der Waals surface area contributed by atoms with E-state index in [0.29, 0.717) is 12.5 Å². The summed E-state index contributed by atoms with van der Waals surface area (Å²) in [5.41, 5.74) is 4.16. The van der Waals surface area contributed by atoms with E-state index in [1.54, 1.807) is 0 Å². The van der Waals surface area contributed by atoms with E-state index in [1.807, 2.05) is 77.8 Å². The zero-order valence-corrected chi connectivity index (χ0v) is 20.3. The number of fused-ring (bicyclic) bond motifs is 1. The molecule has 1 saturated heterocycles. The van der Waals surface area contributed by atoms with Crippen molar-refractivity contribution >= 4 is 28.2 Å². The Morgan fingerprint density at radius 3 is 2.26 bits per heavy atom. The van der Waals surface area contributed by atoms with Crippen molar-refractivity contribution in [1.82, 2.24) is 14.8 Å². The van der Waals surface area contributed by atoms with Gasteiger partial charge >= 0.3 is 0 Å². The van der Waals surface area contributed by atoms with Crippen LogP contribution in [0.2, 0.25) is 0 Å². The Labute approximate surface area is 207 Å². The molecule has 0 radical (unpaired) electrons. The summed E-state index contributed by atoms with van der Waals surface area (Å²) in [6, 6.07) is 30.4. The van der Waals surface area contributed by atoms with E-state index in [2.05, 4.69) is 46.1 Å². The highest BCUT2D eigenvalue weighted by atomic mass is 16.2. The van der Waals surface area contributed by atoms with Gasteiger partial charge in [-0.05, 0) is 55.3 Å². The Morgan fingerprint density at radius 1 is 0.857 bits per heavy atom.